The molecule has 3 N–H and O–H groups in total. The summed E-state index contributed by atoms with van der Waals surface area (Å²) in [6.07, 6.45) is 2.23. The summed E-state index contributed by atoms with van der Waals surface area (Å²) in [6.45, 7) is 3.84. The Hall–Kier alpha value is -4.12. The molecule has 0 amide bonds. The van der Waals surface area contributed by atoms with Crippen LogP contribution >= 0.6 is 0 Å². The highest BCUT2D eigenvalue weighted by molar-refractivity contribution is 5.87. The maximum atomic E-state index is 12.2. The van der Waals surface area contributed by atoms with Crippen molar-refractivity contribution in [3.8, 4) is 0 Å². The van der Waals surface area contributed by atoms with Crippen LogP contribution in [-0.4, -0.2) is 60.6 Å². The van der Waals surface area contributed by atoms with Crippen molar-refractivity contribution in [1.82, 2.24) is 19.5 Å². The summed E-state index contributed by atoms with van der Waals surface area (Å²) in [5.41, 5.74) is 4.05. The largest absolute Gasteiger partial charge is 0.460 e. The Labute approximate surface area is 226 Å². The summed E-state index contributed by atoms with van der Waals surface area (Å²) in [7, 11) is 0. The predicted octanol–water partition coefficient (Wildman–Crippen LogP) is 3.57. The van der Waals surface area contributed by atoms with Gasteiger partial charge in [0.15, 0.2) is 23.2 Å². The number of esters is 1. The van der Waals surface area contributed by atoms with Crippen molar-refractivity contribution >= 4 is 29.0 Å². The van der Waals surface area contributed by atoms with Crippen LogP contribution in [0, 0.1) is 6.92 Å². The lowest BCUT2D eigenvalue weighted by molar-refractivity contribution is -0.144. The van der Waals surface area contributed by atoms with Crippen molar-refractivity contribution in [2.24, 2.45) is 0 Å². The highest BCUT2D eigenvalue weighted by atomic mass is 16.6. The molecule has 202 valence electrons. The second kappa shape index (κ2) is 11.7. The number of aliphatic hydroxyl groups excluding tert-OH is 2. The number of benzene rings is 2. The van der Waals surface area contributed by atoms with Crippen LogP contribution in [0.5, 0.6) is 0 Å². The third-order valence-corrected chi connectivity index (χ3v) is 6.77. The smallest absolute Gasteiger partial charge is 0.330 e. The van der Waals surface area contributed by atoms with Gasteiger partial charge in [0.25, 0.3) is 0 Å². The first-order valence-corrected chi connectivity index (χ1v) is 12.9. The highest BCUT2D eigenvalue weighted by Crippen LogP contribution is 2.33. The molecule has 0 radical (unpaired) electrons. The molecule has 0 bridgehead atoms. The van der Waals surface area contributed by atoms with Crippen molar-refractivity contribution in [2.75, 3.05) is 11.9 Å². The predicted molar refractivity (Wildman–Crippen MR) is 146 cm³/mol. The second-order valence-corrected chi connectivity index (χ2v) is 9.48. The third kappa shape index (κ3) is 5.83. The molecule has 0 aliphatic carbocycles. The molecule has 0 saturated carbocycles. The van der Waals surface area contributed by atoms with E-state index in [1.807, 2.05) is 61.5 Å². The van der Waals surface area contributed by atoms with Crippen LogP contribution in [0.15, 0.2) is 73.3 Å². The molecule has 1 saturated heterocycles. The topological polar surface area (TPSA) is 132 Å². The second-order valence-electron chi connectivity index (χ2n) is 9.48. The molecule has 4 unspecified atom stereocenters. The number of aryl methyl sites for hydroxylation is 1. The average molecular weight is 530 g/mol. The van der Waals surface area contributed by atoms with Crippen molar-refractivity contribution < 1.29 is 24.5 Å². The van der Waals surface area contributed by atoms with Crippen molar-refractivity contribution in [1.29, 1.82) is 0 Å². The lowest BCUT2D eigenvalue weighted by Crippen LogP contribution is -2.34. The molecule has 1 fully saturated rings. The van der Waals surface area contributed by atoms with E-state index < -0.39 is 30.5 Å². The molecule has 10 heteroatoms. The number of hydrogen-bond donors (Lipinski definition) is 3. The van der Waals surface area contributed by atoms with E-state index in [1.165, 1.54) is 18.7 Å². The normalized spacial score (nSPS) is 21.8. The maximum Gasteiger partial charge on any atom is 0.330 e. The van der Waals surface area contributed by atoms with E-state index in [2.05, 4.69) is 27.2 Å². The molecule has 1 aliphatic heterocycles. The molecule has 1 aliphatic rings. The van der Waals surface area contributed by atoms with Crippen LogP contribution in [0.3, 0.4) is 0 Å². The van der Waals surface area contributed by atoms with Gasteiger partial charge < -0.3 is 25.0 Å². The van der Waals surface area contributed by atoms with Gasteiger partial charge in [-0.2, -0.15) is 0 Å². The molecule has 2 aromatic heterocycles. The summed E-state index contributed by atoms with van der Waals surface area (Å²) in [4.78, 5) is 25.4. The van der Waals surface area contributed by atoms with Gasteiger partial charge in [-0.3, -0.25) is 4.57 Å². The molecule has 4 aromatic rings. The molecule has 5 rings (SSSR count). The molecular weight excluding hydrogens is 498 g/mol. The number of ether oxygens (including phenoxy) is 2. The Bertz CT molecular complexity index is 1440. The quantitative estimate of drug-likeness (QED) is 0.220. The number of hydrogen-bond acceptors (Lipinski definition) is 9. The Morgan fingerprint density at radius 2 is 1.87 bits per heavy atom. The Morgan fingerprint density at radius 1 is 1.10 bits per heavy atom. The summed E-state index contributed by atoms with van der Waals surface area (Å²) >= 11 is 0. The number of nitrogens with one attached hydrogen (secondary N) is 1. The zero-order valence-corrected chi connectivity index (χ0v) is 21.7. The van der Waals surface area contributed by atoms with Crippen LogP contribution in [0.1, 0.15) is 42.3 Å². The van der Waals surface area contributed by atoms with Gasteiger partial charge in [0.05, 0.1) is 12.4 Å². The van der Waals surface area contributed by atoms with Gasteiger partial charge in [-0.25, -0.2) is 19.7 Å². The van der Waals surface area contributed by atoms with Gasteiger partial charge in [0.2, 0.25) is 0 Å². The highest BCUT2D eigenvalue weighted by Gasteiger charge is 2.45. The van der Waals surface area contributed by atoms with Crippen molar-refractivity contribution in [3.05, 3.63) is 90.0 Å². The molecule has 3 heterocycles. The number of anilines is 1. The minimum Gasteiger partial charge on any atom is -0.460 e. The zero-order valence-electron chi connectivity index (χ0n) is 21.7. The molecule has 39 heavy (non-hydrogen) atoms. The number of carbonyl (C=O) groups excluding carboxylic acids is 1. The molecule has 5 atom stereocenters. The summed E-state index contributed by atoms with van der Waals surface area (Å²) in [6, 6.07) is 17.8. The van der Waals surface area contributed by atoms with E-state index in [1.54, 1.807) is 10.6 Å². The monoisotopic (exact) mass is 529 g/mol. The number of rotatable bonds is 9. The fourth-order valence-corrected chi connectivity index (χ4v) is 4.57. The number of carbonyl (C=O) groups is 1. The van der Waals surface area contributed by atoms with E-state index in [-0.39, 0.29) is 12.6 Å². The van der Waals surface area contributed by atoms with Gasteiger partial charge in [0, 0.05) is 6.08 Å². The Morgan fingerprint density at radius 3 is 2.62 bits per heavy atom. The standard InChI is InChI=1S/C29H31N5O5/c1-3-21(20-7-5-4-6-8-20)33-27-24-28(31-16-30-27)34(17-32-24)29-26(37)25(36)22(39-29)15-38-23(35)14-13-19-11-9-18(2)10-12-19/h4-14,16-17,21-22,25-26,29,36-37H,3,15H2,1-2H3,(H,30,31,33)/b14-13+/t21-,22?,25?,26?,29?/m0/s1. The van der Waals surface area contributed by atoms with Crippen LogP contribution in [0.2, 0.25) is 0 Å². The molecule has 0 spiro atoms. The third-order valence-electron chi connectivity index (χ3n) is 6.77. The number of aromatic nitrogens is 4. The first-order valence-electron chi connectivity index (χ1n) is 12.9. The Kier molecular flexibility index (Phi) is 7.97. The van der Waals surface area contributed by atoms with E-state index in [4.69, 9.17) is 9.47 Å². The lowest BCUT2D eigenvalue weighted by atomic mass is 10.0. The Balaban J connectivity index is 1.27. The van der Waals surface area contributed by atoms with Gasteiger partial charge >= 0.3 is 5.97 Å². The number of nitrogens with zero attached hydrogens (tertiary/aromatic N) is 4. The zero-order chi connectivity index (χ0) is 27.4. The van der Waals surface area contributed by atoms with E-state index in [0.717, 1.165) is 23.1 Å². The van der Waals surface area contributed by atoms with Crippen LogP contribution < -0.4 is 5.32 Å². The van der Waals surface area contributed by atoms with Crippen molar-refractivity contribution in [2.45, 2.75) is 50.8 Å². The average Bonchev–Trinajstić information content (AvgIpc) is 3.51. The minimum atomic E-state index is -1.28. The van der Waals surface area contributed by atoms with Gasteiger partial charge in [-0.15, -0.1) is 0 Å². The van der Waals surface area contributed by atoms with Crippen LogP contribution in [0.4, 0.5) is 5.82 Å². The number of imidazole rings is 1. The minimum absolute atomic E-state index is 0.0173. The fraction of sp³-hybridized carbons (Fsp3) is 0.310. The first-order chi connectivity index (χ1) is 18.9. The molecular formula is C29H31N5O5. The van der Waals surface area contributed by atoms with Gasteiger partial charge in [0.1, 0.15) is 31.2 Å². The van der Waals surface area contributed by atoms with Gasteiger partial charge in [-0.1, -0.05) is 67.1 Å². The number of aliphatic hydroxyl groups is 2. The summed E-state index contributed by atoms with van der Waals surface area (Å²) in [5, 5.41) is 24.8. The first kappa shape index (κ1) is 26.5. The van der Waals surface area contributed by atoms with E-state index >= 15 is 0 Å². The molecule has 10 nitrogen and oxygen atoms in total. The van der Waals surface area contributed by atoms with E-state index in [9.17, 15) is 15.0 Å². The van der Waals surface area contributed by atoms with Crippen LogP contribution in [-0.2, 0) is 14.3 Å². The lowest BCUT2D eigenvalue weighted by Gasteiger charge is -2.19. The summed E-state index contributed by atoms with van der Waals surface area (Å²) < 4.78 is 12.7. The summed E-state index contributed by atoms with van der Waals surface area (Å²) in [5.74, 6) is -0.0296. The van der Waals surface area contributed by atoms with E-state index in [0.29, 0.717) is 17.0 Å². The number of fused-ring (bicyclic) bond motifs is 1. The van der Waals surface area contributed by atoms with Crippen molar-refractivity contribution in [3.63, 3.8) is 0 Å². The SMILES string of the molecule is CC[C@H](Nc1ncnc2c1ncn2C1OC(COC(=O)/C=C/c2ccc(C)cc2)C(O)C1O)c1ccccc1. The van der Waals surface area contributed by atoms with Crippen LogP contribution in [0.25, 0.3) is 17.2 Å². The molecule has 2 aromatic carbocycles. The fourth-order valence-electron chi connectivity index (χ4n) is 4.57. The maximum absolute atomic E-state index is 12.2. The van der Waals surface area contributed by atoms with Gasteiger partial charge in [-0.05, 0) is 30.5 Å².